The van der Waals surface area contributed by atoms with Crippen LogP contribution >= 0.6 is 0 Å². The Morgan fingerprint density at radius 1 is 0.652 bits per heavy atom. The summed E-state index contributed by atoms with van der Waals surface area (Å²) in [6.45, 7) is 0. The van der Waals surface area contributed by atoms with Crippen LogP contribution in [0.5, 0.6) is 0 Å². The Morgan fingerprint density at radius 2 is 1.09 bits per heavy atom. The average Bonchev–Trinajstić information content (AvgIpc) is 2.62. The predicted molar refractivity (Wildman–Crippen MR) is 93.5 cm³/mol. The topological polar surface area (TPSA) is 20.2 Å². The van der Waals surface area contributed by atoms with Crippen molar-refractivity contribution in [2.45, 2.75) is 23.9 Å². The highest BCUT2D eigenvalue weighted by molar-refractivity contribution is 5.50. The number of hydrogen-bond acceptors (Lipinski definition) is 1. The molecule has 23 heavy (non-hydrogen) atoms. The molecule has 0 radical (unpaired) electrons. The van der Waals surface area contributed by atoms with Crippen LogP contribution in [-0.4, -0.2) is 11.2 Å². The fourth-order valence-corrected chi connectivity index (χ4v) is 4.13. The van der Waals surface area contributed by atoms with Gasteiger partial charge in [-0.2, -0.15) is 0 Å². The van der Waals surface area contributed by atoms with Gasteiger partial charge in [-0.1, -0.05) is 91.0 Å². The second-order valence-corrected chi connectivity index (χ2v) is 6.32. The van der Waals surface area contributed by atoms with Gasteiger partial charge in [0.2, 0.25) is 0 Å². The van der Waals surface area contributed by atoms with Crippen LogP contribution in [0.25, 0.3) is 0 Å². The minimum atomic E-state index is -0.363. The zero-order chi connectivity index (χ0) is 15.7. The molecule has 0 aliphatic heterocycles. The highest BCUT2D eigenvalue weighted by Crippen LogP contribution is 2.58. The van der Waals surface area contributed by atoms with Crippen molar-refractivity contribution in [2.75, 3.05) is 0 Å². The lowest BCUT2D eigenvalue weighted by atomic mass is 9.50. The van der Waals surface area contributed by atoms with Gasteiger partial charge in [-0.05, 0) is 23.1 Å². The molecule has 1 N–H and O–H groups in total. The Labute approximate surface area is 137 Å². The lowest BCUT2D eigenvalue weighted by Gasteiger charge is -2.55. The van der Waals surface area contributed by atoms with Gasteiger partial charge >= 0.3 is 0 Å². The van der Waals surface area contributed by atoms with Crippen molar-refractivity contribution in [3.63, 3.8) is 0 Å². The van der Waals surface area contributed by atoms with E-state index in [0.717, 1.165) is 6.42 Å². The van der Waals surface area contributed by atoms with Crippen molar-refractivity contribution in [3.05, 3.63) is 108 Å². The van der Waals surface area contributed by atoms with Crippen LogP contribution in [0.4, 0.5) is 0 Å². The first-order chi connectivity index (χ1) is 11.3. The van der Waals surface area contributed by atoms with Gasteiger partial charge in [0.25, 0.3) is 0 Å². The first-order valence-corrected chi connectivity index (χ1v) is 8.17. The predicted octanol–water partition coefficient (Wildman–Crippen LogP) is 4.52. The molecular weight excluding hydrogens is 280 g/mol. The third kappa shape index (κ3) is 2.12. The van der Waals surface area contributed by atoms with E-state index >= 15 is 0 Å². The quantitative estimate of drug-likeness (QED) is 0.754. The van der Waals surface area contributed by atoms with Gasteiger partial charge < -0.3 is 5.11 Å². The van der Waals surface area contributed by atoms with Crippen molar-refractivity contribution in [1.29, 1.82) is 0 Å². The molecule has 3 aromatic carbocycles. The van der Waals surface area contributed by atoms with Gasteiger partial charge in [0.1, 0.15) is 0 Å². The van der Waals surface area contributed by atoms with Gasteiger partial charge in [-0.3, -0.25) is 0 Å². The maximum Gasteiger partial charge on any atom is 0.0689 e. The molecule has 0 saturated heterocycles. The SMILES string of the molecule is O[C@@H]1C[C@H](c2ccccc2)C1(c1ccccc1)c1ccccc1. The van der Waals surface area contributed by atoms with Crippen LogP contribution in [0.15, 0.2) is 91.0 Å². The summed E-state index contributed by atoms with van der Waals surface area (Å²) in [5, 5.41) is 10.9. The normalized spacial score (nSPS) is 22.3. The maximum absolute atomic E-state index is 10.9. The average molecular weight is 300 g/mol. The number of rotatable bonds is 3. The van der Waals surface area contributed by atoms with Crippen molar-refractivity contribution in [2.24, 2.45) is 0 Å². The Morgan fingerprint density at radius 3 is 1.52 bits per heavy atom. The first-order valence-electron chi connectivity index (χ1n) is 8.17. The van der Waals surface area contributed by atoms with Gasteiger partial charge in [0.05, 0.1) is 11.5 Å². The minimum Gasteiger partial charge on any atom is -0.392 e. The van der Waals surface area contributed by atoms with Crippen molar-refractivity contribution in [3.8, 4) is 0 Å². The van der Waals surface area contributed by atoms with Crippen LogP contribution in [0.2, 0.25) is 0 Å². The summed E-state index contributed by atoms with van der Waals surface area (Å²) in [6, 6.07) is 31.5. The summed E-state index contributed by atoms with van der Waals surface area (Å²) in [6.07, 6.45) is 0.436. The molecule has 0 spiro atoms. The Bertz CT molecular complexity index is 725. The molecular formula is C22H20O. The van der Waals surface area contributed by atoms with E-state index in [1.807, 2.05) is 18.2 Å². The van der Waals surface area contributed by atoms with E-state index in [0.29, 0.717) is 5.92 Å². The summed E-state index contributed by atoms with van der Waals surface area (Å²) in [5.74, 6) is 0.295. The second-order valence-electron chi connectivity index (χ2n) is 6.32. The molecule has 1 heteroatoms. The molecule has 4 rings (SSSR count). The van der Waals surface area contributed by atoms with E-state index in [9.17, 15) is 5.11 Å². The molecule has 0 bridgehead atoms. The molecule has 1 aliphatic rings. The molecule has 0 unspecified atom stereocenters. The van der Waals surface area contributed by atoms with E-state index in [4.69, 9.17) is 0 Å². The largest absolute Gasteiger partial charge is 0.392 e. The van der Waals surface area contributed by atoms with Crippen molar-refractivity contribution < 1.29 is 5.11 Å². The van der Waals surface area contributed by atoms with E-state index in [1.165, 1.54) is 16.7 Å². The Balaban J connectivity index is 1.92. The Hall–Kier alpha value is -2.38. The van der Waals surface area contributed by atoms with Crippen molar-refractivity contribution in [1.82, 2.24) is 0 Å². The molecule has 2 atom stereocenters. The third-order valence-corrected chi connectivity index (χ3v) is 5.24. The minimum absolute atomic E-state index is 0.295. The fraction of sp³-hybridized carbons (Fsp3) is 0.182. The second kappa shape index (κ2) is 5.68. The Kier molecular flexibility index (Phi) is 3.51. The zero-order valence-electron chi connectivity index (χ0n) is 13.0. The first kappa shape index (κ1) is 14.2. The monoisotopic (exact) mass is 300 g/mol. The van der Waals surface area contributed by atoms with Crippen LogP contribution in [-0.2, 0) is 5.41 Å². The molecule has 0 aromatic heterocycles. The smallest absolute Gasteiger partial charge is 0.0689 e. The summed E-state index contributed by atoms with van der Waals surface area (Å²) in [4.78, 5) is 0. The summed E-state index contributed by atoms with van der Waals surface area (Å²) < 4.78 is 0. The highest BCUT2D eigenvalue weighted by atomic mass is 16.3. The van der Waals surface area contributed by atoms with Gasteiger partial charge in [0.15, 0.2) is 0 Å². The van der Waals surface area contributed by atoms with Crippen LogP contribution in [0.3, 0.4) is 0 Å². The van der Waals surface area contributed by atoms with Crippen LogP contribution in [0, 0.1) is 0 Å². The maximum atomic E-state index is 10.9. The van der Waals surface area contributed by atoms with E-state index in [2.05, 4.69) is 72.8 Å². The zero-order valence-corrected chi connectivity index (χ0v) is 13.0. The van der Waals surface area contributed by atoms with Gasteiger partial charge in [-0.15, -0.1) is 0 Å². The summed E-state index contributed by atoms with van der Waals surface area (Å²) in [7, 11) is 0. The number of hydrogen-bond donors (Lipinski definition) is 1. The van der Waals surface area contributed by atoms with Crippen LogP contribution in [0.1, 0.15) is 29.0 Å². The van der Waals surface area contributed by atoms with E-state index in [1.54, 1.807) is 0 Å². The number of aliphatic hydroxyl groups excluding tert-OH is 1. The molecule has 1 saturated carbocycles. The molecule has 1 nitrogen and oxygen atoms in total. The number of benzene rings is 3. The highest BCUT2D eigenvalue weighted by Gasteiger charge is 2.56. The van der Waals surface area contributed by atoms with Gasteiger partial charge in [0, 0.05) is 5.92 Å². The standard InChI is InChI=1S/C22H20O/c23-21-16-20(17-10-4-1-5-11-17)22(21,18-12-6-2-7-13-18)19-14-8-3-9-15-19/h1-15,20-21,23H,16H2/t20-,21-/m1/s1. The molecule has 1 fully saturated rings. The van der Waals surface area contributed by atoms with Crippen LogP contribution < -0.4 is 0 Å². The van der Waals surface area contributed by atoms with Crippen molar-refractivity contribution >= 4 is 0 Å². The summed E-state index contributed by atoms with van der Waals surface area (Å²) in [5.41, 5.74) is 3.33. The van der Waals surface area contributed by atoms with Gasteiger partial charge in [-0.25, -0.2) is 0 Å². The summed E-state index contributed by atoms with van der Waals surface area (Å²) >= 11 is 0. The third-order valence-electron chi connectivity index (χ3n) is 5.24. The lowest BCUT2D eigenvalue weighted by molar-refractivity contribution is -0.00588. The molecule has 1 aliphatic carbocycles. The van der Waals surface area contributed by atoms with E-state index in [-0.39, 0.29) is 11.5 Å². The lowest BCUT2D eigenvalue weighted by Crippen LogP contribution is -2.56. The molecule has 0 amide bonds. The molecule has 114 valence electrons. The van der Waals surface area contributed by atoms with E-state index < -0.39 is 0 Å². The molecule has 0 heterocycles. The fourth-order valence-electron chi connectivity index (χ4n) is 4.13. The molecule has 3 aromatic rings. The number of aliphatic hydroxyl groups is 1.